The van der Waals surface area contributed by atoms with Crippen molar-refractivity contribution in [1.82, 2.24) is 0 Å². The molecule has 0 aromatic heterocycles. The third-order valence-corrected chi connectivity index (χ3v) is 6.04. The van der Waals surface area contributed by atoms with E-state index in [0.717, 1.165) is 42.6 Å². The van der Waals surface area contributed by atoms with Crippen molar-refractivity contribution in [3.05, 3.63) is 87.6 Å². The van der Waals surface area contributed by atoms with Crippen LogP contribution in [0.1, 0.15) is 79.7 Å². The quantitative estimate of drug-likeness (QED) is 0.508. The fourth-order valence-corrected chi connectivity index (χ4v) is 4.00. The molecule has 1 unspecified atom stereocenters. The number of unbranched alkanes of at least 4 members (excludes halogenated alkanes) is 1. The van der Waals surface area contributed by atoms with Crippen molar-refractivity contribution in [1.29, 1.82) is 0 Å². The Morgan fingerprint density at radius 2 is 1.90 bits per heavy atom. The Labute approximate surface area is 176 Å². The van der Waals surface area contributed by atoms with E-state index in [1.165, 1.54) is 34.2 Å². The molecule has 1 atom stereocenters. The predicted octanol–water partition coefficient (Wildman–Crippen LogP) is 7.06. The summed E-state index contributed by atoms with van der Waals surface area (Å²) in [4.78, 5) is 4.82. The minimum Gasteiger partial charge on any atom is -0.398 e. The Kier molecular flexibility index (Phi) is 7.09. The number of aliphatic imine (C=N–C) groups is 1. The summed E-state index contributed by atoms with van der Waals surface area (Å²) in [7, 11) is 0. The summed E-state index contributed by atoms with van der Waals surface area (Å²) in [6, 6.07) is 15.4. The second-order valence-electron chi connectivity index (χ2n) is 8.02. The van der Waals surface area contributed by atoms with E-state index >= 15 is 0 Å². The van der Waals surface area contributed by atoms with Crippen LogP contribution < -0.4 is 5.73 Å². The second kappa shape index (κ2) is 9.73. The van der Waals surface area contributed by atoms with Gasteiger partial charge in [0.25, 0.3) is 0 Å². The van der Waals surface area contributed by atoms with Gasteiger partial charge in [0.2, 0.25) is 0 Å². The maximum atomic E-state index is 6.51. The molecule has 2 nitrogen and oxygen atoms in total. The van der Waals surface area contributed by atoms with E-state index in [4.69, 9.17) is 10.7 Å². The van der Waals surface area contributed by atoms with Crippen LogP contribution in [0.3, 0.4) is 0 Å². The lowest BCUT2D eigenvalue weighted by Crippen LogP contribution is -2.10. The number of aryl methyl sites for hydroxylation is 1. The Morgan fingerprint density at radius 1 is 1.14 bits per heavy atom. The first kappa shape index (κ1) is 21.1. The van der Waals surface area contributed by atoms with Crippen LogP contribution in [0.2, 0.25) is 0 Å². The van der Waals surface area contributed by atoms with Crippen LogP contribution in [0.4, 0.5) is 0 Å². The standard InChI is InChI=1S/C27H34N2/c1-5-7-17-25(29-6-2)26(24-16-8-11-19(3)20(24)4)22-14-10-15-23(18-22)27(28)21-12-9-13-21/h6,8,10-11,14-18,26H,5,7,9,12-13,28H2,1-4H3/b25-17-,29-6?. The number of hydrogen-bond donors (Lipinski definition) is 1. The summed E-state index contributed by atoms with van der Waals surface area (Å²) in [5.41, 5.74) is 16.4. The first-order valence-electron chi connectivity index (χ1n) is 10.9. The molecule has 0 bridgehead atoms. The Hall–Kier alpha value is -2.61. The maximum Gasteiger partial charge on any atom is 0.0512 e. The normalized spacial score (nSPS) is 15.4. The molecule has 1 fully saturated rings. The molecular formula is C27H34N2. The molecule has 3 rings (SSSR count). The summed E-state index contributed by atoms with van der Waals surface area (Å²) >= 11 is 0. The lowest BCUT2D eigenvalue weighted by atomic mass is 9.82. The number of nitrogens with zero attached hydrogens (tertiary/aromatic N) is 1. The average Bonchev–Trinajstić information content (AvgIpc) is 2.68. The van der Waals surface area contributed by atoms with Crippen molar-refractivity contribution >= 4 is 11.9 Å². The average molecular weight is 387 g/mol. The summed E-state index contributed by atoms with van der Waals surface area (Å²) in [6.07, 6.45) is 9.88. The molecule has 0 spiro atoms. The molecule has 0 heterocycles. The molecule has 0 radical (unpaired) electrons. The van der Waals surface area contributed by atoms with Crippen molar-refractivity contribution in [2.24, 2.45) is 10.7 Å². The SMILES string of the molecule is CC=N/C(=C\CCC)C(c1cccc(C(N)=C2CCC2)c1)c1cccc(C)c1C. The van der Waals surface area contributed by atoms with Gasteiger partial charge in [-0.2, -0.15) is 0 Å². The highest BCUT2D eigenvalue weighted by atomic mass is 14.7. The first-order chi connectivity index (χ1) is 14.1. The molecule has 0 aliphatic heterocycles. The molecule has 1 aliphatic rings. The van der Waals surface area contributed by atoms with Crippen LogP contribution in [0.5, 0.6) is 0 Å². The Balaban J connectivity index is 2.16. The zero-order valence-corrected chi connectivity index (χ0v) is 18.3. The molecule has 0 amide bonds. The van der Waals surface area contributed by atoms with Crippen LogP contribution >= 0.6 is 0 Å². The van der Waals surface area contributed by atoms with Crippen molar-refractivity contribution in [3.8, 4) is 0 Å². The van der Waals surface area contributed by atoms with Gasteiger partial charge in [0.15, 0.2) is 0 Å². The fraction of sp³-hybridized carbons (Fsp3) is 0.370. The lowest BCUT2D eigenvalue weighted by Gasteiger charge is -2.24. The summed E-state index contributed by atoms with van der Waals surface area (Å²) in [5, 5.41) is 0. The molecule has 2 N–H and O–H groups in total. The van der Waals surface area contributed by atoms with Gasteiger partial charge in [0.1, 0.15) is 0 Å². The maximum absolute atomic E-state index is 6.51. The van der Waals surface area contributed by atoms with Crippen LogP contribution in [0, 0.1) is 13.8 Å². The van der Waals surface area contributed by atoms with Crippen molar-refractivity contribution in [2.75, 3.05) is 0 Å². The van der Waals surface area contributed by atoms with E-state index < -0.39 is 0 Å². The van der Waals surface area contributed by atoms with Gasteiger partial charge in [-0.15, -0.1) is 0 Å². The largest absolute Gasteiger partial charge is 0.398 e. The van der Waals surface area contributed by atoms with Crippen LogP contribution in [0.25, 0.3) is 5.70 Å². The topological polar surface area (TPSA) is 38.4 Å². The number of allylic oxidation sites excluding steroid dienone is 3. The van der Waals surface area contributed by atoms with Gasteiger partial charge in [0, 0.05) is 17.6 Å². The molecule has 2 aromatic rings. The van der Waals surface area contributed by atoms with E-state index in [9.17, 15) is 0 Å². The van der Waals surface area contributed by atoms with Gasteiger partial charge in [-0.3, -0.25) is 4.99 Å². The lowest BCUT2D eigenvalue weighted by molar-refractivity contribution is 0.664. The Morgan fingerprint density at radius 3 is 2.55 bits per heavy atom. The molecule has 152 valence electrons. The number of rotatable bonds is 7. The third kappa shape index (κ3) is 4.70. The van der Waals surface area contributed by atoms with Crippen LogP contribution in [-0.2, 0) is 0 Å². The van der Waals surface area contributed by atoms with E-state index in [2.05, 4.69) is 69.3 Å². The third-order valence-electron chi connectivity index (χ3n) is 6.04. The molecule has 1 aliphatic carbocycles. The first-order valence-corrected chi connectivity index (χ1v) is 10.9. The predicted molar refractivity (Wildman–Crippen MR) is 126 cm³/mol. The molecule has 2 aromatic carbocycles. The minimum absolute atomic E-state index is 0.108. The number of hydrogen-bond acceptors (Lipinski definition) is 2. The van der Waals surface area contributed by atoms with Crippen molar-refractivity contribution < 1.29 is 0 Å². The van der Waals surface area contributed by atoms with Crippen molar-refractivity contribution in [2.45, 2.75) is 65.7 Å². The van der Waals surface area contributed by atoms with E-state index in [1.807, 2.05) is 13.1 Å². The molecule has 1 saturated carbocycles. The van der Waals surface area contributed by atoms with E-state index in [-0.39, 0.29) is 5.92 Å². The monoisotopic (exact) mass is 386 g/mol. The molecule has 29 heavy (non-hydrogen) atoms. The van der Waals surface area contributed by atoms with Crippen molar-refractivity contribution in [3.63, 3.8) is 0 Å². The van der Waals surface area contributed by atoms with Gasteiger partial charge >= 0.3 is 0 Å². The summed E-state index contributed by atoms with van der Waals surface area (Å²) < 4.78 is 0. The fourth-order valence-electron chi connectivity index (χ4n) is 4.00. The van der Waals surface area contributed by atoms with Gasteiger partial charge in [-0.1, -0.05) is 55.8 Å². The smallest absolute Gasteiger partial charge is 0.0512 e. The van der Waals surface area contributed by atoms with E-state index in [1.54, 1.807) is 0 Å². The summed E-state index contributed by atoms with van der Waals surface area (Å²) in [6.45, 7) is 8.61. The highest BCUT2D eigenvalue weighted by Crippen LogP contribution is 2.37. The molecular weight excluding hydrogens is 352 g/mol. The number of nitrogens with two attached hydrogens (primary N) is 1. The second-order valence-corrected chi connectivity index (χ2v) is 8.02. The van der Waals surface area contributed by atoms with Gasteiger partial charge in [-0.05, 0) is 85.9 Å². The van der Waals surface area contributed by atoms with E-state index in [0.29, 0.717) is 0 Å². The van der Waals surface area contributed by atoms with Gasteiger partial charge in [0.05, 0.1) is 5.92 Å². The molecule has 0 saturated heterocycles. The highest BCUT2D eigenvalue weighted by Gasteiger charge is 2.22. The Bertz CT molecular complexity index is 941. The van der Waals surface area contributed by atoms with Crippen LogP contribution in [-0.4, -0.2) is 6.21 Å². The molecule has 2 heteroatoms. The zero-order chi connectivity index (χ0) is 20.8. The van der Waals surface area contributed by atoms with Gasteiger partial charge < -0.3 is 5.73 Å². The highest BCUT2D eigenvalue weighted by molar-refractivity contribution is 5.68. The van der Waals surface area contributed by atoms with Gasteiger partial charge in [-0.25, -0.2) is 0 Å². The van der Waals surface area contributed by atoms with Crippen LogP contribution in [0.15, 0.2) is 64.8 Å². The zero-order valence-electron chi connectivity index (χ0n) is 18.3. The number of benzene rings is 2. The summed E-state index contributed by atoms with van der Waals surface area (Å²) in [5.74, 6) is 0.108. The minimum atomic E-state index is 0.108.